The molecule has 0 N–H and O–H groups in total. The summed E-state index contributed by atoms with van der Waals surface area (Å²) in [4.78, 5) is 0. The summed E-state index contributed by atoms with van der Waals surface area (Å²) in [6.07, 6.45) is 21.2. The molecule has 37 heavy (non-hydrogen) atoms. The third-order valence-corrected chi connectivity index (χ3v) is 17.9. The van der Waals surface area contributed by atoms with E-state index in [0.29, 0.717) is 0 Å². The first-order valence-corrected chi connectivity index (χ1v) is 20.5. The van der Waals surface area contributed by atoms with Gasteiger partial charge in [-0.3, -0.25) is 0 Å². The summed E-state index contributed by atoms with van der Waals surface area (Å²) in [5, 5.41) is 0. The number of nitrogens with zero attached hydrogens (tertiary/aromatic N) is 4. The molecule has 0 bridgehead atoms. The molecule has 4 nitrogen and oxygen atoms in total. The van der Waals surface area contributed by atoms with Crippen molar-refractivity contribution < 1.29 is 17.1 Å². The van der Waals surface area contributed by atoms with E-state index in [9.17, 15) is 0 Å². The first-order valence-electron chi connectivity index (χ1n) is 16.9. The van der Waals surface area contributed by atoms with Gasteiger partial charge in [0, 0.05) is 0 Å². The Balaban J connectivity index is 7.24. The fourth-order valence-corrected chi connectivity index (χ4v) is 17.3. The van der Waals surface area contributed by atoms with Gasteiger partial charge in [-0.2, -0.15) is 0 Å². The second kappa shape index (κ2) is 25.5. The molecule has 0 saturated carbocycles. The van der Waals surface area contributed by atoms with Crippen LogP contribution in [0.25, 0.3) is 0 Å². The van der Waals surface area contributed by atoms with Crippen LogP contribution >= 0.6 is 0 Å². The van der Waals surface area contributed by atoms with Gasteiger partial charge in [0.15, 0.2) is 0 Å². The topological polar surface area (TPSA) is 13.0 Å². The Hall–Kier alpha value is 0.528. The van der Waals surface area contributed by atoms with Crippen molar-refractivity contribution in [1.82, 2.24) is 13.8 Å². The summed E-state index contributed by atoms with van der Waals surface area (Å²) < 4.78 is 12.8. The molecule has 5 heteroatoms. The average molecular weight is 609 g/mol. The molecular formula is C32H72MoN4. The first kappa shape index (κ1) is 37.5. The van der Waals surface area contributed by atoms with E-state index in [1.165, 1.54) is 155 Å². The molecule has 0 aliphatic heterocycles. The molecule has 226 valence electrons. The summed E-state index contributed by atoms with van der Waals surface area (Å²) in [6.45, 7) is 29.6. The molecule has 0 aliphatic rings. The zero-order valence-electron chi connectivity index (χ0n) is 27.2. The van der Waals surface area contributed by atoms with Gasteiger partial charge in [0.2, 0.25) is 0 Å². The third-order valence-electron chi connectivity index (χ3n) is 7.47. The van der Waals surface area contributed by atoms with Crippen LogP contribution in [0.15, 0.2) is 0 Å². The second-order valence-electron chi connectivity index (χ2n) is 11.0. The van der Waals surface area contributed by atoms with Crippen LogP contribution in [-0.4, -0.2) is 66.2 Å². The van der Waals surface area contributed by atoms with E-state index < -0.39 is 17.1 Å². The summed E-state index contributed by atoms with van der Waals surface area (Å²) in [7, 11) is 0. The van der Waals surface area contributed by atoms with E-state index in [2.05, 4.69) is 69.2 Å². The monoisotopic (exact) mass is 610 g/mol. The van der Waals surface area contributed by atoms with Crippen molar-refractivity contribution in [1.29, 1.82) is 0 Å². The molecule has 0 unspecified atom stereocenters. The van der Waals surface area contributed by atoms with Crippen molar-refractivity contribution in [3.8, 4) is 0 Å². The Morgan fingerprint density at radius 1 is 0.270 bits per heavy atom. The molecule has 0 aromatic carbocycles. The molecule has 0 aliphatic carbocycles. The predicted octanol–water partition coefficient (Wildman–Crippen LogP) is 9.41. The Bertz CT molecular complexity index is 358. The number of hydrogen-bond donors (Lipinski definition) is 0. The van der Waals surface area contributed by atoms with Gasteiger partial charge in [0.25, 0.3) is 0 Å². The molecule has 0 spiro atoms. The Morgan fingerprint density at radius 3 is 0.514 bits per heavy atom. The number of hydrogen-bond acceptors (Lipinski definition) is 4. The Labute approximate surface area is 240 Å². The zero-order chi connectivity index (χ0) is 27.8. The van der Waals surface area contributed by atoms with Crippen molar-refractivity contribution in [2.45, 2.75) is 158 Å². The quantitative estimate of drug-likeness (QED) is 0.0821. The van der Waals surface area contributed by atoms with Crippen molar-refractivity contribution in [3.63, 3.8) is 0 Å². The molecule has 0 rings (SSSR count). The number of unbranched alkanes of at least 4 members (excludes halogenated alkanes) is 8. The summed E-state index contributed by atoms with van der Waals surface area (Å²) in [6, 6.07) is 0. The van der Waals surface area contributed by atoms with Gasteiger partial charge in [-0.1, -0.05) is 0 Å². The molecule has 0 radical (unpaired) electrons. The van der Waals surface area contributed by atoms with E-state index >= 15 is 0 Å². The van der Waals surface area contributed by atoms with Crippen LogP contribution in [0.3, 0.4) is 0 Å². The van der Waals surface area contributed by atoms with E-state index in [4.69, 9.17) is 0 Å². The molecule has 0 aromatic heterocycles. The minimum atomic E-state index is -3.08. The minimum absolute atomic E-state index is 1.30. The van der Waals surface area contributed by atoms with Gasteiger partial charge in [-0.15, -0.1) is 0 Å². The van der Waals surface area contributed by atoms with Gasteiger partial charge >= 0.3 is 241 Å². The van der Waals surface area contributed by atoms with Crippen LogP contribution in [0.4, 0.5) is 0 Å². The molecule has 0 atom stereocenters. The Morgan fingerprint density at radius 2 is 0.405 bits per heavy atom. The summed E-state index contributed by atoms with van der Waals surface area (Å²) in [5.41, 5.74) is 0. The molecule has 0 saturated heterocycles. The normalized spacial score (nSPS) is 13.1. The van der Waals surface area contributed by atoms with Crippen molar-refractivity contribution in [2.75, 3.05) is 52.4 Å². The van der Waals surface area contributed by atoms with Crippen LogP contribution < -0.4 is 0 Å². The fourth-order valence-electron chi connectivity index (χ4n) is 5.08. The van der Waals surface area contributed by atoms with Gasteiger partial charge in [0.05, 0.1) is 0 Å². The molecule has 0 fully saturated rings. The molecule has 0 amide bonds. The summed E-state index contributed by atoms with van der Waals surface area (Å²) in [5.74, 6) is 0. The zero-order valence-corrected chi connectivity index (χ0v) is 29.2. The van der Waals surface area contributed by atoms with Gasteiger partial charge in [-0.05, 0) is 0 Å². The molecular weight excluding hydrogens is 536 g/mol. The number of rotatable bonds is 28. The van der Waals surface area contributed by atoms with Gasteiger partial charge in [0.1, 0.15) is 0 Å². The second-order valence-corrected chi connectivity index (χ2v) is 18.5. The summed E-state index contributed by atoms with van der Waals surface area (Å²) >= 11 is -3.08. The first-order chi connectivity index (χ1) is 18.1. The predicted molar refractivity (Wildman–Crippen MR) is 166 cm³/mol. The standard InChI is InChI=1S/4C8H18N.Mo/c4*1-3-5-7-9-8-6-4-2;/h4*3-8H2,1-2H3;/q4*-1;+4. The van der Waals surface area contributed by atoms with Gasteiger partial charge < -0.3 is 0 Å². The third kappa shape index (κ3) is 13.6. The SMILES string of the molecule is CCCC[N](CCCC)[Mo]([N](CCCC)CCCC)([N](CCCC)CCCC)[N](CCCC)CCCC. The Kier molecular flexibility index (Phi) is 25.9. The van der Waals surface area contributed by atoms with E-state index in [1.54, 1.807) is 0 Å². The van der Waals surface area contributed by atoms with Crippen LogP contribution in [0.2, 0.25) is 0 Å². The van der Waals surface area contributed by atoms with Crippen LogP contribution in [0.5, 0.6) is 0 Å². The van der Waals surface area contributed by atoms with Crippen molar-refractivity contribution in [2.24, 2.45) is 0 Å². The molecule has 0 aromatic rings. The maximum absolute atomic E-state index is 3.19. The van der Waals surface area contributed by atoms with E-state index in [-0.39, 0.29) is 0 Å². The average Bonchev–Trinajstić information content (AvgIpc) is 2.92. The van der Waals surface area contributed by atoms with E-state index in [1.807, 2.05) is 0 Å². The van der Waals surface area contributed by atoms with Crippen LogP contribution in [-0.2, 0) is 17.1 Å². The van der Waals surface area contributed by atoms with Gasteiger partial charge in [-0.25, -0.2) is 0 Å². The van der Waals surface area contributed by atoms with Crippen LogP contribution in [0, 0.1) is 0 Å². The molecule has 0 heterocycles. The van der Waals surface area contributed by atoms with Crippen molar-refractivity contribution in [3.05, 3.63) is 0 Å². The van der Waals surface area contributed by atoms with E-state index in [0.717, 1.165) is 0 Å². The fraction of sp³-hybridized carbons (Fsp3) is 1.00. The van der Waals surface area contributed by atoms with Crippen molar-refractivity contribution >= 4 is 0 Å². The van der Waals surface area contributed by atoms with Crippen LogP contribution in [0.1, 0.15) is 158 Å². The maximum atomic E-state index is 3.19.